The van der Waals surface area contributed by atoms with Crippen molar-refractivity contribution in [2.45, 2.75) is 20.8 Å². The van der Waals surface area contributed by atoms with Gasteiger partial charge in [-0.05, 0) is 38.5 Å². The Morgan fingerprint density at radius 2 is 2.05 bits per heavy atom. The Morgan fingerprint density at radius 1 is 1.26 bits per heavy atom. The van der Waals surface area contributed by atoms with Crippen LogP contribution in [0.15, 0.2) is 24.5 Å². The third-order valence-electron chi connectivity index (χ3n) is 2.68. The number of hydrogen-bond acceptors (Lipinski definition) is 4. The van der Waals surface area contributed by atoms with Crippen LogP contribution in [-0.2, 0) is 0 Å². The Balaban J connectivity index is 2.33. The molecule has 0 saturated heterocycles. The van der Waals surface area contributed by atoms with E-state index in [0.29, 0.717) is 11.7 Å². The highest BCUT2D eigenvalue weighted by molar-refractivity contribution is 5.48. The van der Waals surface area contributed by atoms with Gasteiger partial charge in [0.2, 0.25) is 5.88 Å². The fraction of sp³-hybridized carbons (Fsp3) is 0.286. The van der Waals surface area contributed by atoms with Crippen molar-refractivity contribution in [1.29, 1.82) is 0 Å². The van der Waals surface area contributed by atoms with Crippen LogP contribution in [0.4, 0.5) is 10.2 Å². The molecule has 2 rings (SSSR count). The van der Waals surface area contributed by atoms with Gasteiger partial charge < -0.3 is 10.1 Å². The van der Waals surface area contributed by atoms with E-state index < -0.39 is 5.82 Å². The monoisotopic (exact) mass is 261 g/mol. The normalized spacial score (nSPS) is 10.3. The third-order valence-corrected chi connectivity index (χ3v) is 2.68. The van der Waals surface area contributed by atoms with E-state index in [1.807, 2.05) is 20.8 Å². The van der Waals surface area contributed by atoms with Crippen molar-refractivity contribution in [3.8, 4) is 11.6 Å². The molecular weight excluding hydrogens is 245 g/mol. The molecule has 0 bridgehead atoms. The van der Waals surface area contributed by atoms with E-state index >= 15 is 0 Å². The molecule has 0 aliphatic rings. The van der Waals surface area contributed by atoms with Gasteiger partial charge in [0.1, 0.15) is 12.1 Å². The van der Waals surface area contributed by atoms with E-state index in [-0.39, 0.29) is 5.75 Å². The summed E-state index contributed by atoms with van der Waals surface area (Å²) in [5.74, 6) is 0.814. The second-order valence-corrected chi connectivity index (χ2v) is 4.22. The van der Waals surface area contributed by atoms with Crippen LogP contribution in [0.25, 0.3) is 0 Å². The lowest BCUT2D eigenvalue weighted by Crippen LogP contribution is -2.04. The summed E-state index contributed by atoms with van der Waals surface area (Å²) in [7, 11) is 0. The summed E-state index contributed by atoms with van der Waals surface area (Å²) >= 11 is 0. The first-order chi connectivity index (χ1) is 9.11. The van der Waals surface area contributed by atoms with Crippen molar-refractivity contribution >= 4 is 5.82 Å². The molecule has 5 heteroatoms. The van der Waals surface area contributed by atoms with Gasteiger partial charge >= 0.3 is 0 Å². The maximum absolute atomic E-state index is 13.7. The minimum Gasteiger partial charge on any atom is -0.435 e. The summed E-state index contributed by atoms with van der Waals surface area (Å²) in [6, 6.07) is 4.72. The van der Waals surface area contributed by atoms with Crippen molar-refractivity contribution in [2.24, 2.45) is 0 Å². The number of aryl methyl sites for hydroxylation is 1. The Hall–Kier alpha value is -2.17. The molecular formula is C14H16FN3O. The van der Waals surface area contributed by atoms with Crippen molar-refractivity contribution in [3.63, 3.8) is 0 Å². The molecule has 0 radical (unpaired) electrons. The van der Waals surface area contributed by atoms with Crippen LogP contribution in [0.1, 0.15) is 18.1 Å². The number of aromatic nitrogens is 2. The van der Waals surface area contributed by atoms with Crippen molar-refractivity contribution in [1.82, 2.24) is 9.97 Å². The Bertz CT molecular complexity index is 587. The summed E-state index contributed by atoms with van der Waals surface area (Å²) in [6.07, 6.45) is 1.40. The maximum atomic E-state index is 13.7. The van der Waals surface area contributed by atoms with Crippen LogP contribution in [-0.4, -0.2) is 16.5 Å². The van der Waals surface area contributed by atoms with Crippen molar-refractivity contribution in [3.05, 3.63) is 41.5 Å². The predicted octanol–water partition coefficient (Wildman–Crippen LogP) is 3.46. The van der Waals surface area contributed by atoms with Gasteiger partial charge in [-0.2, -0.15) is 0 Å². The summed E-state index contributed by atoms with van der Waals surface area (Å²) in [5, 5.41) is 3.10. The zero-order valence-corrected chi connectivity index (χ0v) is 11.2. The molecule has 0 atom stereocenters. The summed E-state index contributed by atoms with van der Waals surface area (Å²) < 4.78 is 19.2. The summed E-state index contributed by atoms with van der Waals surface area (Å²) in [6.45, 7) is 6.43. The SMILES string of the molecule is CCNc1ncnc(Oc2cc(C)ccc2F)c1C. The van der Waals surface area contributed by atoms with Crippen molar-refractivity contribution < 1.29 is 9.13 Å². The quantitative estimate of drug-likeness (QED) is 0.915. The molecule has 0 amide bonds. The van der Waals surface area contributed by atoms with Crippen molar-refractivity contribution in [2.75, 3.05) is 11.9 Å². The largest absolute Gasteiger partial charge is 0.435 e. The summed E-state index contributed by atoms with van der Waals surface area (Å²) in [5.41, 5.74) is 1.68. The number of halogens is 1. The molecule has 1 aromatic heterocycles. The number of rotatable bonds is 4. The second-order valence-electron chi connectivity index (χ2n) is 4.22. The number of anilines is 1. The molecule has 1 heterocycles. The Labute approximate surface area is 111 Å². The van der Waals surface area contributed by atoms with Gasteiger partial charge in [0.15, 0.2) is 11.6 Å². The van der Waals surface area contributed by atoms with Gasteiger partial charge in [-0.1, -0.05) is 6.07 Å². The van der Waals surface area contributed by atoms with E-state index in [0.717, 1.165) is 17.7 Å². The van der Waals surface area contributed by atoms with Gasteiger partial charge in [-0.25, -0.2) is 14.4 Å². The van der Waals surface area contributed by atoms with E-state index in [1.165, 1.54) is 12.4 Å². The molecule has 0 aliphatic heterocycles. The molecule has 0 saturated carbocycles. The number of benzene rings is 1. The van der Waals surface area contributed by atoms with Crippen LogP contribution in [0.5, 0.6) is 11.6 Å². The smallest absolute Gasteiger partial charge is 0.227 e. The fourth-order valence-corrected chi connectivity index (χ4v) is 1.68. The lowest BCUT2D eigenvalue weighted by molar-refractivity contribution is 0.423. The van der Waals surface area contributed by atoms with Gasteiger partial charge in [-0.3, -0.25) is 0 Å². The van der Waals surface area contributed by atoms with Crippen LogP contribution >= 0.6 is 0 Å². The second kappa shape index (κ2) is 5.65. The van der Waals surface area contributed by atoms with Gasteiger partial charge in [-0.15, -0.1) is 0 Å². The lowest BCUT2D eigenvalue weighted by Gasteiger charge is -2.11. The zero-order valence-electron chi connectivity index (χ0n) is 11.2. The van der Waals surface area contributed by atoms with E-state index in [9.17, 15) is 4.39 Å². The first-order valence-corrected chi connectivity index (χ1v) is 6.11. The average Bonchev–Trinajstić information content (AvgIpc) is 2.39. The van der Waals surface area contributed by atoms with Gasteiger partial charge in [0.05, 0.1) is 5.56 Å². The highest BCUT2D eigenvalue weighted by atomic mass is 19.1. The maximum Gasteiger partial charge on any atom is 0.227 e. The average molecular weight is 261 g/mol. The number of nitrogens with zero attached hydrogens (tertiary/aromatic N) is 2. The third kappa shape index (κ3) is 2.99. The van der Waals surface area contributed by atoms with E-state index in [1.54, 1.807) is 12.1 Å². The zero-order chi connectivity index (χ0) is 13.8. The molecule has 0 unspecified atom stereocenters. The molecule has 1 aromatic carbocycles. The minimum atomic E-state index is -0.409. The number of hydrogen-bond donors (Lipinski definition) is 1. The topological polar surface area (TPSA) is 47.0 Å². The molecule has 0 fully saturated rings. The van der Waals surface area contributed by atoms with Gasteiger partial charge in [0, 0.05) is 6.54 Å². The molecule has 0 aliphatic carbocycles. The number of nitrogens with one attached hydrogen (secondary N) is 1. The highest BCUT2D eigenvalue weighted by Crippen LogP contribution is 2.28. The molecule has 19 heavy (non-hydrogen) atoms. The van der Waals surface area contributed by atoms with Crippen LogP contribution in [0.2, 0.25) is 0 Å². The lowest BCUT2D eigenvalue weighted by atomic mass is 10.2. The molecule has 0 spiro atoms. The minimum absolute atomic E-state index is 0.171. The molecule has 100 valence electrons. The Kier molecular flexibility index (Phi) is 3.94. The molecule has 1 N–H and O–H groups in total. The molecule has 4 nitrogen and oxygen atoms in total. The van der Waals surface area contributed by atoms with Crippen LogP contribution in [0, 0.1) is 19.7 Å². The first kappa shape index (κ1) is 13.3. The van der Waals surface area contributed by atoms with E-state index in [4.69, 9.17) is 4.74 Å². The predicted molar refractivity (Wildman–Crippen MR) is 72.1 cm³/mol. The fourth-order valence-electron chi connectivity index (χ4n) is 1.68. The van der Waals surface area contributed by atoms with Crippen LogP contribution < -0.4 is 10.1 Å². The standard InChI is InChI=1S/C14H16FN3O/c1-4-16-13-10(3)14(18-8-17-13)19-12-7-9(2)5-6-11(12)15/h5-8H,4H2,1-3H3,(H,16,17,18). The van der Waals surface area contributed by atoms with E-state index in [2.05, 4.69) is 15.3 Å². The van der Waals surface area contributed by atoms with Crippen LogP contribution in [0.3, 0.4) is 0 Å². The highest BCUT2D eigenvalue weighted by Gasteiger charge is 2.11. The number of ether oxygens (including phenoxy) is 1. The summed E-state index contributed by atoms with van der Waals surface area (Å²) in [4.78, 5) is 8.16. The molecule has 2 aromatic rings. The van der Waals surface area contributed by atoms with Gasteiger partial charge in [0.25, 0.3) is 0 Å². The first-order valence-electron chi connectivity index (χ1n) is 6.11. The Morgan fingerprint density at radius 3 is 2.79 bits per heavy atom.